The maximum absolute atomic E-state index is 12.1. The smallest absolute Gasteiger partial charge is 0.249 e. The normalized spacial score (nSPS) is 21.8. The van der Waals surface area contributed by atoms with Gasteiger partial charge in [-0.25, -0.2) is 5.01 Å². The quantitative estimate of drug-likeness (QED) is 0.798. The number of nitrogens with zero attached hydrogens (tertiary/aromatic N) is 4. The highest BCUT2D eigenvalue weighted by Gasteiger charge is 2.32. The number of carbonyl (C=O) groups excluding carboxylic acids is 1. The number of aromatic nitrogens is 1. The summed E-state index contributed by atoms with van der Waals surface area (Å²) in [7, 11) is 2.12. The second kappa shape index (κ2) is 5.09. The summed E-state index contributed by atoms with van der Waals surface area (Å²) >= 11 is 0. The van der Waals surface area contributed by atoms with Crippen molar-refractivity contribution in [3.63, 3.8) is 0 Å². The van der Waals surface area contributed by atoms with E-state index in [-0.39, 0.29) is 11.9 Å². The number of likely N-dealkylation sites (tertiary alicyclic amines) is 1. The molecule has 0 N–H and O–H groups in total. The molecule has 3 heterocycles. The number of pyridine rings is 1. The first kappa shape index (κ1) is 12.3. The van der Waals surface area contributed by atoms with Crippen LogP contribution in [0, 0.1) is 0 Å². The van der Waals surface area contributed by atoms with Crippen molar-refractivity contribution in [1.82, 2.24) is 14.9 Å². The first-order chi connectivity index (χ1) is 9.24. The lowest BCUT2D eigenvalue weighted by Gasteiger charge is -2.32. The number of hydrogen-bond acceptors (Lipinski definition) is 4. The molecular weight excluding hydrogens is 240 g/mol. The van der Waals surface area contributed by atoms with Crippen LogP contribution in [0.1, 0.15) is 24.8 Å². The monoisotopic (exact) mass is 258 g/mol. The molecule has 0 atom stereocenters. The molecule has 0 aromatic carbocycles. The van der Waals surface area contributed by atoms with E-state index in [0.717, 1.165) is 37.2 Å². The summed E-state index contributed by atoms with van der Waals surface area (Å²) in [6, 6.07) is 4.08. The highest BCUT2D eigenvalue weighted by atomic mass is 16.2. The third-order valence-corrected chi connectivity index (χ3v) is 3.85. The largest absolute Gasteiger partial charge is 0.306 e. The number of amides is 1. The number of hydrazone groups is 1. The standard InChI is InChI=1S/C14H18N4O/c1-17-8-4-12(5-9-17)18-14(19)10-13(16-18)11-2-6-15-7-3-11/h2-3,6-7,12H,4-5,8-10H2,1H3. The van der Waals surface area contributed by atoms with E-state index < -0.39 is 0 Å². The molecule has 0 radical (unpaired) electrons. The van der Waals surface area contributed by atoms with Crippen LogP contribution in [0.15, 0.2) is 29.6 Å². The molecule has 5 heteroatoms. The van der Waals surface area contributed by atoms with Gasteiger partial charge in [-0.05, 0) is 45.1 Å². The molecule has 0 unspecified atom stereocenters. The highest BCUT2D eigenvalue weighted by Crippen LogP contribution is 2.22. The highest BCUT2D eigenvalue weighted by molar-refractivity contribution is 6.13. The van der Waals surface area contributed by atoms with E-state index in [1.54, 1.807) is 17.4 Å². The molecule has 0 bridgehead atoms. The Morgan fingerprint density at radius 3 is 2.58 bits per heavy atom. The minimum absolute atomic E-state index is 0.126. The van der Waals surface area contributed by atoms with Gasteiger partial charge in [0.15, 0.2) is 0 Å². The first-order valence-corrected chi connectivity index (χ1v) is 6.72. The zero-order valence-corrected chi connectivity index (χ0v) is 11.1. The number of carbonyl (C=O) groups is 1. The zero-order chi connectivity index (χ0) is 13.2. The van der Waals surface area contributed by atoms with Crippen LogP contribution in [0.3, 0.4) is 0 Å². The van der Waals surface area contributed by atoms with Crippen LogP contribution in [0.4, 0.5) is 0 Å². The van der Waals surface area contributed by atoms with Gasteiger partial charge in [-0.15, -0.1) is 0 Å². The summed E-state index contributed by atoms with van der Waals surface area (Å²) < 4.78 is 0. The Morgan fingerprint density at radius 1 is 1.21 bits per heavy atom. The topological polar surface area (TPSA) is 48.8 Å². The Hall–Kier alpha value is -1.75. The van der Waals surface area contributed by atoms with Gasteiger partial charge in [0.1, 0.15) is 0 Å². The lowest BCUT2D eigenvalue weighted by molar-refractivity contribution is -0.131. The maximum Gasteiger partial charge on any atom is 0.249 e. The van der Waals surface area contributed by atoms with Gasteiger partial charge < -0.3 is 4.90 Å². The molecule has 5 nitrogen and oxygen atoms in total. The predicted octanol–water partition coefficient (Wildman–Crippen LogP) is 1.11. The van der Waals surface area contributed by atoms with Crippen LogP contribution in [0.5, 0.6) is 0 Å². The zero-order valence-electron chi connectivity index (χ0n) is 11.1. The summed E-state index contributed by atoms with van der Waals surface area (Å²) in [5.74, 6) is 0.126. The van der Waals surface area contributed by atoms with Crippen molar-refractivity contribution < 1.29 is 4.79 Å². The third-order valence-electron chi connectivity index (χ3n) is 3.85. The van der Waals surface area contributed by atoms with E-state index >= 15 is 0 Å². The molecule has 19 heavy (non-hydrogen) atoms. The molecule has 1 aromatic rings. The summed E-state index contributed by atoms with van der Waals surface area (Å²) in [5.41, 5.74) is 1.87. The van der Waals surface area contributed by atoms with Crippen LogP contribution < -0.4 is 0 Å². The van der Waals surface area contributed by atoms with Crippen LogP contribution in [0.25, 0.3) is 0 Å². The van der Waals surface area contributed by atoms with E-state index in [0.29, 0.717) is 6.42 Å². The van der Waals surface area contributed by atoms with Crippen molar-refractivity contribution in [2.24, 2.45) is 5.10 Å². The molecule has 3 rings (SSSR count). The van der Waals surface area contributed by atoms with E-state index in [4.69, 9.17) is 0 Å². The summed E-state index contributed by atoms with van der Waals surface area (Å²) in [5, 5.41) is 6.25. The van der Waals surface area contributed by atoms with E-state index in [9.17, 15) is 4.79 Å². The van der Waals surface area contributed by atoms with Gasteiger partial charge in [0.25, 0.3) is 0 Å². The molecular formula is C14H18N4O. The molecule has 1 saturated heterocycles. The van der Waals surface area contributed by atoms with Crippen molar-refractivity contribution in [1.29, 1.82) is 0 Å². The summed E-state index contributed by atoms with van der Waals surface area (Å²) in [6.45, 7) is 2.07. The molecule has 1 amide bonds. The van der Waals surface area contributed by atoms with Gasteiger partial charge in [0.2, 0.25) is 5.91 Å². The molecule has 1 fully saturated rings. The fraction of sp³-hybridized carbons (Fsp3) is 0.500. The van der Waals surface area contributed by atoms with E-state index in [1.807, 2.05) is 12.1 Å². The minimum Gasteiger partial charge on any atom is -0.306 e. The predicted molar refractivity (Wildman–Crippen MR) is 72.8 cm³/mol. The van der Waals surface area contributed by atoms with Crippen molar-refractivity contribution in [3.05, 3.63) is 30.1 Å². The van der Waals surface area contributed by atoms with Crippen molar-refractivity contribution in [2.45, 2.75) is 25.3 Å². The summed E-state index contributed by atoms with van der Waals surface area (Å²) in [6.07, 6.45) is 5.90. The van der Waals surface area contributed by atoms with Crippen molar-refractivity contribution >= 4 is 11.6 Å². The average Bonchev–Trinajstić information content (AvgIpc) is 2.83. The third kappa shape index (κ3) is 2.51. The lowest BCUT2D eigenvalue weighted by atomic mass is 10.0. The van der Waals surface area contributed by atoms with Crippen molar-refractivity contribution in [3.8, 4) is 0 Å². The SMILES string of the molecule is CN1CCC(N2N=C(c3ccncc3)CC2=O)CC1. The van der Waals surface area contributed by atoms with Gasteiger partial charge in [-0.3, -0.25) is 9.78 Å². The second-order valence-corrected chi connectivity index (χ2v) is 5.23. The van der Waals surface area contributed by atoms with Crippen LogP contribution in [-0.2, 0) is 4.79 Å². The minimum atomic E-state index is 0.126. The average molecular weight is 258 g/mol. The van der Waals surface area contributed by atoms with Crippen LogP contribution >= 0.6 is 0 Å². The molecule has 0 spiro atoms. The number of hydrogen-bond donors (Lipinski definition) is 0. The Balaban J connectivity index is 1.76. The Bertz CT molecular complexity index is 491. The first-order valence-electron chi connectivity index (χ1n) is 6.72. The van der Waals surface area contributed by atoms with Gasteiger partial charge in [-0.1, -0.05) is 0 Å². The van der Waals surface area contributed by atoms with Gasteiger partial charge in [0.05, 0.1) is 18.2 Å². The van der Waals surface area contributed by atoms with E-state index in [2.05, 4.69) is 22.0 Å². The van der Waals surface area contributed by atoms with Crippen LogP contribution in [0.2, 0.25) is 0 Å². The summed E-state index contributed by atoms with van der Waals surface area (Å²) in [4.78, 5) is 18.4. The van der Waals surface area contributed by atoms with Gasteiger partial charge in [0, 0.05) is 18.0 Å². The lowest BCUT2D eigenvalue weighted by Crippen LogP contribution is -2.42. The fourth-order valence-electron chi connectivity index (χ4n) is 2.67. The van der Waals surface area contributed by atoms with E-state index in [1.165, 1.54) is 0 Å². The fourth-order valence-corrected chi connectivity index (χ4v) is 2.67. The number of piperidine rings is 1. The Kier molecular flexibility index (Phi) is 3.29. The second-order valence-electron chi connectivity index (χ2n) is 5.23. The maximum atomic E-state index is 12.1. The van der Waals surface area contributed by atoms with Crippen molar-refractivity contribution in [2.75, 3.05) is 20.1 Å². The Labute approximate surface area is 112 Å². The molecule has 1 aromatic heterocycles. The Morgan fingerprint density at radius 2 is 1.89 bits per heavy atom. The molecule has 100 valence electrons. The molecule has 2 aliphatic rings. The molecule has 0 saturated carbocycles. The van der Waals surface area contributed by atoms with Crippen LogP contribution in [-0.4, -0.2) is 52.7 Å². The molecule has 0 aliphatic carbocycles. The number of rotatable bonds is 2. The van der Waals surface area contributed by atoms with Gasteiger partial charge >= 0.3 is 0 Å². The van der Waals surface area contributed by atoms with Gasteiger partial charge in [-0.2, -0.15) is 5.10 Å². The molecule has 2 aliphatic heterocycles.